The van der Waals surface area contributed by atoms with E-state index in [1.54, 1.807) is 11.3 Å². The Morgan fingerprint density at radius 1 is 1.44 bits per heavy atom. The zero-order valence-corrected chi connectivity index (χ0v) is 9.54. The number of aryl methyl sites for hydroxylation is 1. The number of hydrogen-bond acceptors (Lipinski definition) is 3. The molecular weight excluding hydrogens is 222 g/mol. The molecule has 2 rings (SSSR count). The molecule has 3 nitrogen and oxygen atoms in total. The number of thiophene rings is 1. The van der Waals surface area contributed by atoms with Crippen molar-refractivity contribution in [3.63, 3.8) is 0 Å². The van der Waals surface area contributed by atoms with Gasteiger partial charge in [-0.3, -0.25) is 4.79 Å². The van der Waals surface area contributed by atoms with E-state index in [0.29, 0.717) is 12.8 Å². The number of nitrogens with two attached hydrogens (primary N) is 1. The summed E-state index contributed by atoms with van der Waals surface area (Å²) in [5.74, 6) is -0.933. The highest BCUT2D eigenvalue weighted by atomic mass is 32.1. The summed E-state index contributed by atoms with van der Waals surface area (Å²) in [5, 5.41) is 12.0. The first-order chi connectivity index (χ1) is 7.68. The number of rotatable bonds is 4. The second-order valence-corrected chi connectivity index (χ2v) is 4.68. The largest absolute Gasteiger partial charge is 0.480 e. The second-order valence-electron chi connectivity index (χ2n) is 3.73. The van der Waals surface area contributed by atoms with Crippen LogP contribution in [-0.4, -0.2) is 17.1 Å². The summed E-state index contributed by atoms with van der Waals surface area (Å²) < 4.78 is 1.24. The van der Waals surface area contributed by atoms with Gasteiger partial charge in [0, 0.05) is 4.70 Å². The molecule has 0 amide bonds. The average Bonchev–Trinajstić information content (AvgIpc) is 2.73. The second kappa shape index (κ2) is 4.63. The van der Waals surface area contributed by atoms with E-state index < -0.39 is 12.0 Å². The van der Waals surface area contributed by atoms with Crippen LogP contribution in [-0.2, 0) is 11.2 Å². The van der Waals surface area contributed by atoms with Crippen LogP contribution in [0.15, 0.2) is 29.6 Å². The van der Waals surface area contributed by atoms with E-state index >= 15 is 0 Å². The minimum absolute atomic E-state index is 0.476. The molecule has 2 aromatic rings. The smallest absolute Gasteiger partial charge is 0.320 e. The summed E-state index contributed by atoms with van der Waals surface area (Å²) in [4.78, 5) is 10.6. The van der Waals surface area contributed by atoms with Crippen molar-refractivity contribution in [1.82, 2.24) is 0 Å². The quantitative estimate of drug-likeness (QED) is 0.854. The minimum atomic E-state index is -0.933. The van der Waals surface area contributed by atoms with Gasteiger partial charge >= 0.3 is 5.97 Å². The standard InChI is InChI=1S/C12H13NO2S/c13-10(12(14)15)5-4-8-2-1-3-11-9(8)6-7-16-11/h1-3,6-7,10H,4-5,13H2,(H,14,15). The van der Waals surface area contributed by atoms with Gasteiger partial charge in [0.25, 0.3) is 0 Å². The molecule has 0 spiro atoms. The Labute approximate surface area is 97.5 Å². The molecule has 4 heteroatoms. The van der Waals surface area contributed by atoms with Crippen molar-refractivity contribution in [1.29, 1.82) is 0 Å². The summed E-state index contributed by atoms with van der Waals surface area (Å²) in [7, 11) is 0. The fourth-order valence-electron chi connectivity index (χ4n) is 1.71. The Morgan fingerprint density at radius 2 is 2.25 bits per heavy atom. The van der Waals surface area contributed by atoms with Gasteiger partial charge in [-0.2, -0.15) is 0 Å². The van der Waals surface area contributed by atoms with E-state index in [-0.39, 0.29) is 0 Å². The number of carboxylic acid groups (broad SMARTS) is 1. The summed E-state index contributed by atoms with van der Waals surface area (Å²) in [6.45, 7) is 0. The van der Waals surface area contributed by atoms with E-state index in [4.69, 9.17) is 10.8 Å². The topological polar surface area (TPSA) is 63.3 Å². The molecule has 3 N–H and O–H groups in total. The molecule has 1 unspecified atom stereocenters. The highest BCUT2D eigenvalue weighted by Crippen LogP contribution is 2.25. The van der Waals surface area contributed by atoms with Gasteiger partial charge in [-0.05, 0) is 41.3 Å². The van der Waals surface area contributed by atoms with Crippen molar-refractivity contribution >= 4 is 27.4 Å². The number of carbonyl (C=O) groups is 1. The molecule has 1 heterocycles. The summed E-state index contributed by atoms with van der Waals surface area (Å²) in [6, 6.07) is 7.40. The lowest BCUT2D eigenvalue weighted by Crippen LogP contribution is -2.30. The molecule has 0 aliphatic carbocycles. The average molecular weight is 235 g/mol. The van der Waals surface area contributed by atoms with E-state index in [2.05, 4.69) is 12.1 Å². The lowest BCUT2D eigenvalue weighted by atomic mass is 10.0. The van der Waals surface area contributed by atoms with Gasteiger partial charge in [-0.1, -0.05) is 12.1 Å². The van der Waals surface area contributed by atoms with Crippen LogP contribution in [0.5, 0.6) is 0 Å². The molecule has 1 aromatic carbocycles. The maximum absolute atomic E-state index is 10.6. The van der Waals surface area contributed by atoms with Crippen LogP contribution in [0, 0.1) is 0 Å². The van der Waals surface area contributed by atoms with Gasteiger partial charge in [-0.25, -0.2) is 0 Å². The van der Waals surface area contributed by atoms with E-state index in [9.17, 15) is 4.79 Å². The van der Waals surface area contributed by atoms with Crippen LogP contribution in [0.1, 0.15) is 12.0 Å². The number of fused-ring (bicyclic) bond motifs is 1. The van der Waals surface area contributed by atoms with Crippen molar-refractivity contribution < 1.29 is 9.90 Å². The Balaban J connectivity index is 2.15. The Morgan fingerprint density at radius 3 is 3.00 bits per heavy atom. The number of aliphatic carboxylic acids is 1. The summed E-state index contributed by atoms with van der Waals surface area (Å²) >= 11 is 1.69. The molecule has 0 fully saturated rings. The molecule has 0 radical (unpaired) electrons. The zero-order chi connectivity index (χ0) is 11.5. The molecule has 0 bridgehead atoms. The maximum atomic E-state index is 10.6. The third-order valence-electron chi connectivity index (χ3n) is 2.63. The van der Waals surface area contributed by atoms with Crippen molar-refractivity contribution in [2.75, 3.05) is 0 Å². The van der Waals surface area contributed by atoms with Crippen molar-refractivity contribution in [2.45, 2.75) is 18.9 Å². The molecule has 0 saturated heterocycles. The molecule has 1 atom stereocenters. The molecule has 1 aromatic heterocycles. The van der Waals surface area contributed by atoms with Crippen molar-refractivity contribution in [2.24, 2.45) is 5.73 Å². The normalized spacial score (nSPS) is 12.8. The van der Waals surface area contributed by atoms with Gasteiger partial charge in [0.05, 0.1) is 0 Å². The Kier molecular flexibility index (Phi) is 3.22. The van der Waals surface area contributed by atoms with Crippen LogP contribution >= 0.6 is 11.3 Å². The Hall–Kier alpha value is -1.39. The van der Waals surface area contributed by atoms with Crippen molar-refractivity contribution in [3.05, 3.63) is 35.2 Å². The van der Waals surface area contributed by atoms with Crippen LogP contribution in [0.2, 0.25) is 0 Å². The van der Waals surface area contributed by atoms with Gasteiger partial charge < -0.3 is 10.8 Å². The first-order valence-electron chi connectivity index (χ1n) is 5.12. The molecule has 0 aliphatic rings. The molecule has 16 heavy (non-hydrogen) atoms. The fourth-order valence-corrected chi connectivity index (χ4v) is 2.54. The lowest BCUT2D eigenvalue weighted by molar-refractivity contribution is -0.138. The fraction of sp³-hybridized carbons (Fsp3) is 0.250. The maximum Gasteiger partial charge on any atom is 0.320 e. The van der Waals surface area contributed by atoms with Crippen LogP contribution in [0.4, 0.5) is 0 Å². The molecule has 84 valence electrons. The van der Waals surface area contributed by atoms with Gasteiger partial charge in [0.2, 0.25) is 0 Å². The van der Waals surface area contributed by atoms with E-state index in [1.165, 1.54) is 15.6 Å². The number of hydrogen-bond donors (Lipinski definition) is 2. The van der Waals surface area contributed by atoms with E-state index in [0.717, 1.165) is 0 Å². The first kappa shape index (κ1) is 11.1. The monoisotopic (exact) mass is 235 g/mol. The number of carboxylic acids is 1. The summed E-state index contributed by atoms with van der Waals surface area (Å²) in [5.41, 5.74) is 6.66. The SMILES string of the molecule is NC(CCc1cccc2sccc12)C(=O)O. The third kappa shape index (κ3) is 2.23. The molecule has 0 saturated carbocycles. The van der Waals surface area contributed by atoms with Crippen LogP contribution < -0.4 is 5.73 Å². The lowest BCUT2D eigenvalue weighted by Gasteiger charge is -2.07. The minimum Gasteiger partial charge on any atom is -0.480 e. The van der Waals surface area contributed by atoms with Gasteiger partial charge in [0.1, 0.15) is 6.04 Å². The highest BCUT2D eigenvalue weighted by Gasteiger charge is 2.11. The number of benzene rings is 1. The zero-order valence-electron chi connectivity index (χ0n) is 8.72. The predicted octanol–water partition coefficient (Wildman–Crippen LogP) is 2.25. The first-order valence-corrected chi connectivity index (χ1v) is 6.00. The van der Waals surface area contributed by atoms with Crippen LogP contribution in [0.25, 0.3) is 10.1 Å². The van der Waals surface area contributed by atoms with Gasteiger partial charge in [-0.15, -0.1) is 11.3 Å². The summed E-state index contributed by atoms with van der Waals surface area (Å²) in [6.07, 6.45) is 1.19. The molecular formula is C12H13NO2S. The van der Waals surface area contributed by atoms with Crippen molar-refractivity contribution in [3.8, 4) is 0 Å². The molecule has 0 aliphatic heterocycles. The third-order valence-corrected chi connectivity index (χ3v) is 3.51. The van der Waals surface area contributed by atoms with Crippen LogP contribution in [0.3, 0.4) is 0 Å². The predicted molar refractivity (Wildman–Crippen MR) is 65.8 cm³/mol. The highest BCUT2D eigenvalue weighted by molar-refractivity contribution is 7.17. The Bertz CT molecular complexity index is 506. The van der Waals surface area contributed by atoms with E-state index in [1.807, 2.05) is 17.5 Å². The van der Waals surface area contributed by atoms with Gasteiger partial charge in [0.15, 0.2) is 0 Å².